The van der Waals surface area contributed by atoms with Gasteiger partial charge in [0.25, 0.3) is 0 Å². The highest BCUT2D eigenvalue weighted by molar-refractivity contribution is 5.69. The van der Waals surface area contributed by atoms with Gasteiger partial charge in [-0.25, -0.2) is 0 Å². The van der Waals surface area contributed by atoms with Crippen molar-refractivity contribution in [2.24, 2.45) is 0 Å². The van der Waals surface area contributed by atoms with Crippen molar-refractivity contribution in [1.29, 1.82) is 0 Å². The molecule has 0 atom stereocenters. The third-order valence-electron chi connectivity index (χ3n) is 4.92. The second-order valence-electron chi connectivity index (χ2n) is 7.53. The van der Waals surface area contributed by atoms with Crippen LogP contribution in [0.3, 0.4) is 0 Å². The van der Waals surface area contributed by atoms with Gasteiger partial charge in [-0.05, 0) is 12.8 Å². The Bertz CT molecular complexity index is 287. The average molecular weight is 387 g/mol. The van der Waals surface area contributed by atoms with Crippen LogP contribution in [0.25, 0.3) is 0 Å². The zero-order valence-corrected chi connectivity index (χ0v) is 18.4. The summed E-state index contributed by atoms with van der Waals surface area (Å²) >= 11 is 0. The molecule has 0 radical (unpaired) electrons. The molecule has 0 saturated carbocycles. The highest BCUT2D eigenvalue weighted by Crippen LogP contribution is 2.12. The largest absolute Gasteiger partial charge is 0.469 e. The number of unbranched alkanes of at least 4 members (excludes halogenated alkanes) is 12. The van der Waals surface area contributed by atoms with E-state index in [1.807, 2.05) is 0 Å². The number of rotatable bonds is 21. The summed E-state index contributed by atoms with van der Waals surface area (Å²) in [7, 11) is 1.43. The van der Waals surface area contributed by atoms with Crippen LogP contribution in [0.2, 0.25) is 0 Å². The van der Waals surface area contributed by atoms with Crippen molar-refractivity contribution in [3.8, 4) is 0 Å². The topological polar surface area (TPSA) is 44.8 Å². The molecule has 0 rings (SSSR count). The van der Waals surface area contributed by atoms with Gasteiger partial charge in [-0.2, -0.15) is 0 Å². The van der Waals surface area contributed by atoms with E-state index in [0.717, 1.165) is 26.1 Å². The predicted molar refractivity (Wildman–Crippen MR) is 113 cm³/mol. The Morgan fingerprint density at radius 1 is 0.667 bits per heavy atom. The Kier molecular flexibility index (Phi) is 21.2. The minimum Gasteiger partial charge on any atom is -0.469 e. The fourth-order valence-electron chi connectivity index (χ4n) is 3.10. The molecule has 0 aromatic carbocycles. The number of esters is 1. The van der Waals surface area contributed by atoms with E-state index in [4.69, 9.17) is 14.2 Å². The number of carbonyl (C=O) groups excluding carboxylic acids is 1. The summed E-state index contributed by atoms with van der Waals surface area (Å²) in [6.07, 6.45) is 18.4. The number of hydrogen-bond donors (Lipinski definition) is 0. The molecule has 27 heavy (non-hydrogen) atoms. The van der Waals surface area contributed by atoms with E-state index in [-0.39, 0.29) is 12.3 Å². The van der Waals surface area contributed by atoms with E-state index in [1.54, 1.807) is 0 Å². The number of ether oxygens (including phenoxy) is 3. The normalized spacial score (nSPS) is 11.3. The Morgan fingerprint density at radius 2 is 1.07 bits per heavy atom. The minimum atomic E-state index is -0.274. The Morgan fingerprint density at radius 3 is 1.48 bits per heavy atom. The molecule has 0 heterocycles. The lowest BCUT2D eigenvalue weighted by Crippen LogP contribution is -2.20. The smallest absolute Gasteiger partial charge is 0.305 e. The van der Waals surface area contributed by atoms with Crippen LogP contribution in [0.1, 0.15) is 117 Å². The molecule has 0 bridgehead atoms. The van der Waals surface area contributed by atoms with Crippen LogP contribution >= 0.6 is 0 Å². The lowest BCUT2D eigenvalue weighted by Gasteiger charge is -2.18. The molecule has 0 fully saturated rings. The maximum absolute atomic E-state index is 11.4. The predicted octanol–water partition coefficient (Wildman–Crippen LogP) is 6.80. The van der Waals surface area contributed by atoms with Crippen molar-refractivity contribution in [1.82, 2.24) is 0 Å². The fraction of sp³-hybridized carbons (Fsp3) is 0.957. The first-order valence-corrected chi connectivity index (χ1v) is 11.5. The summed E-state index contributed by atoms with van der Waals surface area (Å²) < 4.78 is 16.5. The highest BCUT2D eigenvalue weighted by Gasteiger charge is 2.12. The van der Waals surface area contributed by atoms with E-state index in [9.17, 15) is 4.79 Å². The van der Waals surface area contributed by atoms with Crippen molar-refractivity contribution in [3.05, 3.63) is 0 Å². The lowest BCUT2D eigenvalue weighted by molar-refractivity contribution is -0.158. The van der Waals surface area contributed by atoms with Crippen LogP contribution in [0.5, 0.6) is 0 Å². The summed E-state index contributed by atoms with van der Waals surface area (Å²) in [5, 5.41) is 0. The van der Waals surface area contributed by atoms with E-state index in [1.165, 1.54) is 84.2 Å². The molecule has 162 valence electrons. The lowest BCUT2D eigenvalue weighted by atomic mass is 10.1. The molecule has 0 spiro atoms. The van der Waals surface area contributed by atoms with E-state index >= 15 is 0 Å². The van der Waals surface area contributed by atoms with Crippen LogP contribution in [0.15, 0.2) is 0 Å². The van der Waals surface area contributed by atoms with Crippen LogP contribution in [-0.2, 0) is 19.0 Å². The summed E-state index contributed by atoms with van der Waals surface area (Å²) in [4.78, 5) is 11.4. The summed E-state index contributed by atoms with van der Waals surface area (Å²) in [5.74, 6) is -0.195. The Labute approximate surface area is 168 Å². The number of hydrogen-bond acceptors (Lipinski definition) is 4. The number of methoxy groups -OCH3 is 1. The Balaban J connectivity index is 3.78. The second kappa shape index (κ2) is 21.7. The van der Waals surface area contributed by atoms with E-state index in [2.05, 4.69) is 13.8 Å². The van der Waals surface area contributed by atoms with Gasteiger partial charge in [0.05, 0.1) is 13.5 Å². The molecule has 0 aromatic rings. The van der Waals surface area contributed by atoms with Crippen molar-refractivity contribution in [2.45, 2.75) is 123 Å². The maximum atomic E-state index is 11.4. The van der Waals surface area contributed by atoms with Gasteiger partial charge in [-0.1, -0.05) is 90.9 Å². The first-order chi connectivity index (χ1) is 13.2. The number of carbonyl (C=O) groups is 1. The third kappa shape index (κ3) is 19.9. The maximum Gasteiger partial charge on any atom is 0.305 e. The molecule has 0 unspecified atom stereocenters. The molecule has 4 nitrogen and oxygen atoms in total. The summed E-state index contributed by atoms with van der Waals surface area (Å²) in [6, 6.07) is 0. The van der Waals surface area contributed by atoms with Crippen molar-refractivity contribution in [2.75, 3.05) is 20.3 Å². The van der Waals surface area contributed by atoms with Crippen molar-refractivity contribution >= 4 is 5.97 Å². The van der Waals surface area contributed by atoms with Gasteiger partial charge in [0.1, 0.15) is 0 Å². The fourth-order valence-corrected chi connectivity index (χ4v) is 3.10. The van der Waals surface area contributed by atoms with Gasteiger partial charge in [-0.3, -0.25) is 4.79 Å². The quantitative estimate of drug-likeness (QED) is 0.124. The molecule has 0 amide bonds. The van der Waals surface area contributed by atoms with Gasteiger partial charge in [-0.15, -0.1) is 0 Å². The van der Waals surface area contributed by atoms with Crippen LogP contribution in [0, 0.1) is 0 Å². The molecule has 0 aliphatic heterocycles. The van der Waals surface area contributed by atoms with Gasteiger partial charge >= 0.3 is 5.97 Å². The van der Waals surface area contributed by atoms with Gasteiger partial charge in [0, 0.05) is 19.6 Å². The molecule has 0 aliphatic rings. The molecule has 0 aliphatic carbocycles. The van der Waals surface area contributed by atoms with E-state index in [0.29, 0.717) is 12.8 Å². The average Bonchev–Trinajstić information content (AvgIpc) is 2.69. The zero-order chi connectivity index (χ0) is 20.0. The van der Waals surface area contributed by atoms with Gasteiger partial charge in [0.2, 0.25) is 0 Å². The summed E-state index contributed by atoms with van der Waals surface area (Å²) in [5.41, 5.74) is 0. The molecular weight excluding hydrogens is 340 g/mol. The molecule has 4 heteroatoms. The Hall–Kier alpha value is -0.610. The molecule has 0 aromatic heterocycles. The summed E-state index contributed by atoms with van der Waals surface area (Å²) in [6.45, 7) is 5.93. The van der Waals surface area contributed by atoms with Gasteiger partial charge < -0.3 is 14.2 Å². The molecule has 0 saturated heterocycles. The van der Waals surface area contributed by atoms with E-state index < -0.39 is 0 Å². The second-order valence-corrected chi connectivity index (χ2v) is 7.53. The standard InChI is InChI=1S/C23H46O4/c1-4-6-8-10-12-14-16-20-26-23(19-18-22(24)25-3)27-21-17-15-13-11-9-7-5-2/h23H,4-21H2,1-3H3. The molecule has 0 N–H and O–H groups in total. The van der Waals surface area contributed by atoms with Crippen molar-refractivity contribution < 1.29 is 19.0 Å². The minimum absolute atomic E-state index is 0.195. The van der Waals surface area contributed by atoms with Crippen molar-refractivity contribution in [3.63, 3.8) is 0 Å². The first kappa shape index (κ1) is 26.4. The zero-order valence-electron chi connectivity index (χ0n) is 18.4. The SMILES string of the molecule is CCCCCCCCCOC(CCC(=O)OC)OCCCCCCCCC. The van der Waals surface area contributed by atoms with Crippen LogP contribution < -0.4 is 0 Å². The molecular formula is C23H46O4. The van der Waals surface area contributed by atoms with Gasteiger partial charge in [0.15, 0.2) is 6.29 Å². The highest BCUT2D eigenvalue weighted by atomic mass is 16.7. The van der Waals surface area contributed by atoms with Crippen LogP contribution in [0.4, 0.5) is 0 Å². The monoisotopic (exact) mass is 386 g/mol. The third-order valence-corrected chi connectivity index (χ3v) is 4.92. The first-order valence-electron chi connectivity index (χ1n) is 11.5. The van der Waals surface area contributed by atoms with Crippen LogP contribution in [-0.4, -0.2) is 32.6 Å².